The van der Waals surface area contributed by atoms with Gasteiger partial charge in [-0.15, -0.1) is 0 Å². The van der Waals surface area contributed by atoms with Gasteiger partial charge in [-0.25, -0.2) is 0 Å². The molecule has 0 bridgehead atoms. The lowest BCUT2D eigenvalue weighted by Crippen LogP contribution is -2.24. The molecule has 0 unspecified atom stereocenters. The first kappa shape index (κ1) is 10.8. The van der Waals surface area contributed by atoms with Gasteiger partial charge in [-0.2, -0.15) is 12.6 Å². The number of rotatable bonds is 6. The molecule has 11 heavy (non-hydrogen) atoms. The van der Waals surface area contributed by atoms with Gasteiger partial charge in [0.15, 0.2) is 0 Å². The fourth-order valence-electron chi connectivity index (χ4n) is 0.687. The van der Waals surface area contributed by atoms with Crippen molar-refractivity contribution in [2.75, 3.05) is 18.8 Å². The van der Waals surface area contributed by atoms with Gasteiger partial charge in [-0.1, -0.05) is 0 Å². The molecule has 0 aliphatic carbocycles. The van der Waals surface area contributed by atoms with Gasteiger partial charge in [-0.3, -0.25) is 4.79 Å². The van der Waals surface area contributed by atoms with Gasteiger partial charge in [0.25, 0.3) is 0 Å². The number of unbranched alkanes of at least 4 members (excludes halogenated alkanes) is 1. The van der Waals surface area contributed by atoms with E-state index in [1.807, 2.05) is 0 Å². The van der Waals surface area contributed by atoms with Crippen LogP contribution < -0.4 is 11.1 Å². The predicted molar refractivity (Wildman–Crippen MR) is 49.8 cm³/mol. The smallest absolute Gasteiger partial charge is 0.220 e. The molecule has 0 saturated carbocycles. The van der Waals surface area contributed by atoms with Gasteiger partial charge < -0.3 is 11.1 Å². The Morgan fingerprint density at radius 2 is 2.18 bits per heavy atom. The zero-order chi connectivity index (χ0) is 8.53. The Labute approximate surface area is 73.1 Å². The van der Waals surface area contributed by atoms with E-state index in [0.29, 0.717) is 18.7 Å². The third-order valence-electron chi connectivity index (χ3n) is 1.29. The van der Waals surface area contributed by atoms with E-state index < -0.39 is 0 Å². The molecule has 4 heteroatoms. The van der Waals surface area contributed by atoms with Crippen LogP contribution in [0.3, 0.4) is 0 Å². The number of hydrogen-bond acceptors (Lipinski definition) is 3. The second-order valence-corrected chi connectivity index (χ2v) is 2.77. The summed E-state index contributed by atoms with van der Waals surface area (Å²) in [5, 5.41) is 2.78. The number of nitrogens with two attached hydrogens (primary N) is 1. The van der Waals surface area contributed by atoms with Crippen molar-refractivity contribution >= 4 is 18.5 Å². The van der Waals surface area contributed by atoms with E-state index in [0.717, 1.165) is 19.4 Å². The number of carbonyl (C=O) groups is 1. The molecule has 0 fully saturated rings. The summed E-state index contributed by atoms with van der Waals surface area (Å²) in [7, 11) is 0. The summed E-state index contributed by atoms with van der Waals surface area (Å²) in [6.07, 6.45) is 2.45. The van der Waals surface area contributed by atoms with Crippen molar-refractivity contribution in [3.63, 3.8) is 0 Å². The molecular formula is C7H16N2OS. The highest BCUT2D eigenvalue weighted by atomic mass is 32.1. The van der Waals surface area contributed by atoms with E-state index in [-0.39, 0.29) is 5.91 Å². The van der Waals surface area contributed by atoms with Crippen molar-refractivity contribution in [2.45, 2.75) is 19.3 Å². The Morgan fingerprint density at radius 3 is 2.73 bits per heavy atom. The molecule has 0 spiro atoms. The Balaban J connectivity index is 3.04. The quantitative estimate of drug-likeness (QED) is 0.399. The van der Waals surface area contributed by atoms with Crippen LogP contribution in [0.5, 0.6) is 0 Å². The Hall–Kier alpha value is -0.220. The molecule has 0 heterocycles. The fraction of sp³-hybridized carbons (Fsp3) is 0.857. The summed E-state index contributed by atoms with van der Waals surface area (Å²) in [6.45, 7) is 1.44. The second kappa shape index (κ2) is 7.88. The average Bonchev–Trinajstić information content (AvgIpc) is 1.99. The van der Waals surface area contributed by atoms with E-state index in [1.165, 1.54) is 0 Å². The first-order chi connectivity index (χ1) is 5.31. The molecule has 0 aromatic carbocycles. The van der Waals surface area contributed by atoms with Gasteiger partial charge >= 0.3 is 0 Å². The van der Waals surface area contributed by atoms with Crippen LogP contribution in [-0.4, -0.2) is 24.7 Å². The second-order valence-electron chi connectivity index (χ2n) is 2.32. The first-order valence-corrected chi connectivity index (χ1v) is 4.52. The van der Waals surface area contributed by atoms with E-state index in [1.54, 1.807) is 0 Å². The lowest BCUT2D eigenvalue weighted by molar-refractivity contribution is -0.120. The van der Waals surface area contributed by atoms with Crippen molar-refractivity contribution in [1.29, 1.82) is 0 Å². The maximum atomic E-state index is 10.8. The average molecular weight is 176 g/mol. The minimum atomic E-state index is 0.0806. The Kier molecular flexibility index (Phi) is 7.72. The molecule has 0 rings (SSSR count). The van der Waals surface area contributed by atoms with Crippen LogP contribution in [0.4, 0.5) is 0 Å². The maximum Gasteiger partial charge on any atom is 0.220 e. The van der Waals surface area contributed by atoms with Crippen LogP contribution in [0.2, 0.25) is 0 Å². The van der Waals surface area contributed by atoms with Crippen LogP contribution >= 0.6 is 12.6 Å². The van der Waals surface area contributed by atoms with Crippen molar-refractivity contribution in [3.8, 4) is 0 Å². The molecule has 0 aliphatic rings. The van der Waals surface area contributed by atoms with E-state index in [4.69, 9.17) is 5.73 Å². The van der Waals surface area contributed by atoms with E-state index >= 15 is 0 Å². The largest absolute Gasteiger partial charge is 0.356 e. The third-order valence-corrected chi connectivity index (χ3v) is 1.52. The molecule has 3 nitrogen and oxygen atoms in total. The zero-order valence-corrected chi connectivity index (χ0v) is 7.57. The summed E-state index contributed by atoms with van der Waals surface area (Å²) in [5.74, 6) is 0.694. The molecular weight excluding hydrogens is 160 g/mol. The fourth-order valence-corrected chi connectivity index (χ4v) is 0.890. The standard InChI is InChI=1S/C7H16N2OS/c8-4-1-2-5-9-7(10)3-6-11/h11H,1-6,8H2,(H,9,10). The highest BCUT2D eigenvalue weighted by molar-refractivity contribution is 7.80. The summed E-state index contributed by atoms with van der Waals surface area (Å²) in [5.41, 5.74) is 5.28. The van der Waals surface area contributed by atoms with Crippen LogP contribution in [-0.2, 0) is 4.79 Å². The number of hydrogen-bond donors (Lipinski definition) is 3. The number of nitrogens with one attached hydrogen (secondary N) is 1. The number of amides is 1. The van der Waals surface area contributed by atoms with Gasteiger partial charge in [0.05, 0.1) is 0 Å². The minimum absolute atomic E-state index is 0.0806. The van der Waals surface area contributed by atoms with E-state index in [9.17, 15) is 4.79 Å². The van der Waals surface area contributed by atoms with Gasteiger partial charge in [0, 0.05) is 13.0 Å². The topological polar surface area (TPSA) is 55.1 Å². The van der Waals surface area contributed by atoms with Crippen LogP contribution in [0.1, 0.15) is 19.3 Å². The summed E-state index contributed by atoms with van der Waals surface area (Å²) in [4.78, 5) is 10.8. The molecule has 0 aromatic heterocycles. The molecule has 0 atom stereocenters. The molecule has 0 aromatic rings. The molecule has 0 saturated heterocycles. The maximum absolute atomic E-state index is 10.8. The number of thiol groups is 1. The van der Waals surface area contributed by atoms with Crippen molar-refractivity contribution in [3.05, 3.63) is 0 Å². The molecule has 1 amide bonds. The summed E-state index contributed by atoms with van der Waals surface area (Å²) < 4.78 is 0. The van der Waals surface area contributed by atoms with Gasteiger partial charge in [-0.05, 0) is 25.1 Å². The van der Waals surface area contributed by atoms with Gasteiger partial charge in [0.2, 0.25) is 5.91 Å². The van der Waals surface area contributed by atoms with Gasteiger partial charge in [0.1, 0.15) is 0 Å². The molecule has 0 radical (unpaired) electrons. The first-order valence-electron chi connectivity index (χ1n) is 3.89. The molecule has 0 aliphatic heterocycles. The van der Waals surface area contributed by atoms with Crippen molar-refractivity contribution < 1.29 is 4.79 Å². The zero-order valence-electron chi connectivity index (χ0n) is 6.68. The lowest BCUT2D eigenvalue weighted by atomic mass is 10.3. The minimum Gasteiger partial charge on any atom is -0.356 e. The Bertz CT molecular complexity index is 109. The highest BCUT2D eigenvalue weighted by Crippen LogP contribution is 1.86. The Morgan fingerprint density at radius 1 is 1.45 bits per heavy atom. The lowest BCUT2D eigenvalue weighted by Gasteiger charge is -2.01. The third kappa shape index (κ3) is 7.68. The van der Waals surface area contributed by atoms with Crippen LogP contribution in [0, 0.1) is 0 Å². The normalized spacial score (nSPS) is 9.64. The van der Waals surface area contributed by atoms with Crippen molar-refractivity contribution in [1.82, 2.24) is 5.32 Å². The highest BCUT2D eigenvalue weighted by Gasteiger charge is 1.96. The summed E-state index contributed by atoms with van der Waals surface area (Å²) in [6, 6.07) is 0. The van der Waals surface area contributed by atoms with E-state index in [2.05, 4.69) is 17.9 Å². The SMILES string of the molecule is NCCCCNC(=O)CCS. The molecule has 3 N–H and O–H groups in total. The van der Waals surface area contributed by atoms with Crippen LogP contribution in [0.15, 0.2) is 0 Å². The van der Waals surface area contributed by atoms with Crippen molar-refractivity contribution in [2.24, 2.45) is 5.73 Å². The predicted octanol–water partition coefficient (Wildman–Crippen LogP) is 0.161. The van der Waals surface area contributed by atoms with Crippen LogP contribution in [0.25, 0.3) is 0 Å². The number of carbonyl (C=O) groups excluding carboxylic acids is 1. The summed E-state index contributed by atoms with van der Waals surface area (Å²) >= 11 is 3.94. The monoisotopic (exact) mass is 176 g/mol. The molecule has 66 valence electrons.